The van der Waals surface area contributed by atoms with E-state index in [2.05, 4.69) is 5.32 Å². The number of methoxy groups -OCH3 is 1. The lowest BCUT2D eigenvalue weighted by atomic mass is 10.3. The van der Waals surface area contributed by atoms with Crippen LogP contribution >= 0.6 is 11.8 Å². The van der Waals surface area contributed by atoms with Gasteiger partial charge in [-0.25, -0.2) is 0 Å². The van der Waals surface area contributed by atoms with Crippen molar-refractivity contribution in [1.29, 1.82) is 0 Å². The second-order valence-electron chi connectivity index (χ2n) is 3.05. The van der Waals surface area contributed by atoms with Gasteiger partial charge in [-0.1, -0.05) is 0 Å². The molecular formula is C10H11NO2S. The molecule has 4 heteroatoms. The summed E-state index contributed by atoms with van der Waals surface area (Å²) in [5, 5.41) is 3.06. The smallest absolute Gasteiger partial charge is 0.223 e. The Morgan fingerprint density at radius 3 is 2.57 bits per heavy atom. The molecular weight excluding hydrogens is 198 g/mol. The Balaban J connectivity index is 1.93. The van der Waals surface area contributed by atoms with E-state index in [1.165, 1.54) is 0 Å². The van der Waals surface area contributed by atoms with Crippen LogP contribution in [0.2, 0.25) is 0 Å². The molecule has 3 nitrogen and oxygen atoms in total. The van der Waals surface area contributed by atoms with Crippen molar-refractivity contribution in [1.82, 2.24) is 5.32 Å². The zero-order valence-corrected chi connectivity index (χ0v) is 8.64. The Bertz CT molecular complexity index is 328. The van der Waals surface area contributed by atoms with Gasteiger partial charge in [0.05, 0.1) is 18.9 Å². The van der Waals surface area contributed by atoms with Crippen LogP contribution in [0.1, 0.15) is 6.42 Å². The molecule has 0 aliphatic carbocycles. The minimum Gasteiger partial charge on any atom is -0.497 e. The van der Waals surface area contributed by atoms with E-state index in [1.54, 1.807) is 18.9 Å². The molecule has 1 aliphatic rings. The molecule has 0 aromatic heterocycles. The van der Waals surface area contributed by atoms with E-state index in [4.69, 9.17) is 4.74 Å². The van der Waals surface area contributed by atoms with E-state index < -0.39 is 0 Å². The van der Waals surface area contributed by atoms with Gasteiger partial charge in [0.25, 0.3) is 0 Å². The quantitative estimate of drug-likeness (QED) is 0.769. The molecule has 0 radical (unpaired) electrons. The fourth-order valence-electron chi connectivity index (χ4n) is 1.22. The third kappa shape index (κ3) is 2.01. The first-order valence-electron chi connectivity index (χ1n) is 4.38. The lowest BCUT2D eigenvalue weighted by molar-refractivity contribution is -0.126. The summed E-state index contributed by atoms with van der Waals surface area (Å²) in [6.45, 7) is 0. The Hall–Kier alpha value is -1.16. The van der Waals surface area contributed by atoms with Crippen LogP contribution in [0.15, 0.2) is 29.2 Å². The van der Waals surface area contributed by atoms with Crippen molar-refractivity contribution in [2.24, 2.45) is 0 Å². The van der Waals surface area contributed by atoms with Crippen LogP contribution in [0.3, 0.4) is 0 Å². The lowest BCUT2D eigenvalue weighted by Gasteiger charge is -2.25. The third-order valence-electron chi connectivity index (χ3n) is 2.03. The minimum absolute atomic E-state index is 0.135. The predicted octanol–water partition coefficient (Wildman–Crippen LogP) is 1.63. The topological polar surface area (TPSA) is 38.3 Å². The molecule has 1 fully saturated rings. The minimum atomic E-state index is 0.135. The van der Waals surface area contributed by atoms with Crippen molar-refractivity contribution < 1.29 is 9.53 Å². The number of rotatable bonds is 3. The summed E-state index contributed by atoms with van der Waals surface area (Å²) in [6.07, 6.45) is 0.622. The van der Waals surface area contributed by atoms with Crippen molar-refractivity contribution in [3.8, 4) is 5.75 Å². The number of nitrogens with one attached hydrogen (secondary N) is 1. The Kier molecular flexibility index (Phi) is 2.63. The van der Waals surface area contributed by atoms with Crippen molar-refractivity contribution in [2.75, 3.05) is 7.11 Å². The number of carbonyl (C=O) groups is 1. The van der Waals surface area contributed by atoms with E-state index in [0.717, 1.165) is 10.6 Å². The van der Waals surface area contributed by atoms with Crippen LogP contribution in [0, 0.1) is 0 Å². The average Bonchev–Trinajstić information content (AvgIpc) is 2.17. The summed E-state index contributed by atoms with van der Waals surface area (Å²) in [6, 6.07) is 7.83. The highest BCUT2D eigenvalue weighted by atomic mass is 32.2. The summed E-state index contributed by atoms with van der Waals surface area (Å²) >= 11 is 1.67. The molecule has 1 aliphatic heterocycles. The Morgan fingerprint density at radius 2 is 2.07 bits per heavy atom. The van der Waals surface area contributed by atoms with Gasteiger partial charge in [0, 0.05) is 4.90 Å². The normalized spacial score (nSPS) is 19.8. The lowest BCUT2D eigenvalue weighted by Crippen LogP contribution is -2.46. The second-order valence-corrected chi connectivity index (χ2v) is 4.33. The van der Waals surface area contributed by atoms with Gasteiger partial charge in [-0.2, -0.15) is 0 Å². The number of thioether (sulfide) groups is 1. The second kappa shape index (κ2) is 3.92. The highest BCUT2D eigenvalue weighted by Crippen LogP contribution is 2.28. The Morgan fingerprint density at radius 1 is 1.43 bits per heavy atom. The molecule has 14 heavy (non-hydrogen) atoms. The largest absolute Gasteiger partial charge is 0.497 e. The van der Waals surface area contributed by atoms with Gasteiger partial charge in [-0.15, -0.1) is 11.8 Å². The van der Waals surface area contributed by atoms with Crippen LogP contribution in [-0.2, 0) is 4.79 Å². The van der Waals surface area contributed by atoms with Crippen LogP contribution in [0.4, 0.5) is 0 Å². The molecule has 0 spiro atoms. The fraction of sp³-hybridized carbons (Fsp3) is 0.300. The molecule has 1 amide bonds. The number of carbonyl (C=O) groups excluding carboxylic acids is 1. The van der Waals surface area contributed by atoms with Gasteiger partial charge in [-0.05, 0) is 24.3 Å². The first kappa shape index (κ1) is 9.40. The van der Waals surface area contributed by atoms with Gasteiger partial charge < -0.3 is 10.1 Å². The van der Waals surface area contributed by atoms with Crippen molar-refractivity contribution in [2.45, 2.75) is 16.7 Å². The standard InChI is InChI=1S/C10H11NO2S/c1-13-7-2-4-8(5-3-7)14-10-6-9(12)11-10/h2-5,10H,6H2,1H3,(H,11,12)/t10-/m0/s1. The predicted molar refractivity (Wildman–Crippen MR) is 55.4 cm³/mol. The molecule has 0 unspecified atom stereocenters. The summed E-state index contributed by atoms with van der Waals surface area (Å²) in [5.74, 6) is 0.989. The molecule has 1 aromatic rings. The molecule has 0 saturated carbocycles. The maximum atomic E-state index is 10.7. The molecule has 1 atom stereocenters. The maximum Gasteiger partial charge on any atom is 0.223 e. The first-order valence-corrected chi connectivity index (χ1v) is 5.26. The summed E-state index contributed by atoms with van der Waals surface area (Å²) in [7, 11) is 1.65. The monoisotopic (exact) mass is 209 g/mol. The molecule has 1 aromatic carbocycles. The van der Waals surface area contributed by atoms with Crippen LogP contribution in [-0.4, -0.2) is 18.4 Å². The highest BCUT2D eigenvalue weighted by Gasteiger charge is 2.25. The summed E-state index contributed by atoms with van der Waals surface area (Å²) in [4.78, 5) is 11.8. The van der Waals surface area contributed by atoms with Crippen LogP contribution in [0.25, 0.3) is 0 Å². The zero-order valence-electron chi connectivity index (χ0n) is 7.82. The number of benzene rings is 1. The number of β-lactam (4-membered cyclic amide) rings is 1. The van der Waals surface area contributed by atoms with Crippen molar-refractivity contribution in [3.05, 3.63) is 24.3 Å². The maximum absolute atomic E-state index is 10.7. The van der Waals surface area contributed by atoms with Gasteiger partial charge in [-0.3, -0.25) is 4.79 Å². The molecule has 1 N–H and O–H groups in total. The number of hydrogen-bond donors (Lipinski definition) is 1. The number of amides is 1. The van der Waals surface area contributed by atoms with E-state index in [1.807, 2.05) is 24.3 Å². The SMILES string of the molecule is COc1ccc(S[C@H]2CC(=O)N2)cc1. The van der Waals surface area contributed by atoms with Crippen molar-refractivity contribution >= 4 is 17.7 Å². The van der Waals surface area contributed by atoms with Gasteiger partial charge in [0.2, 0.25) is 5.91 Å². The fourth-order valence-corrected chi connectivity index (χ4v) is 2.26. The first-order chi connectivity index (χ1) is 6.78. The van der Waals surface area contributed by atoms with Gasteiger partial charge in [0.15, 0.2) is 0 Å². The summed E-state index contributed by atoms with van der Waals surface area (Å²) in [5.41, 5.74) is 0. The van der Waals surface area contributed by atoms with E-state index in [9.17, 15) is 4.79 Å². The Labute approximate surface area is 86.8 Å². The molecule has 2 rings (SSSR count). The number of ether oxygens (including phenoxy) is 1. The van der Waals surface area contributed by atoms with Gasteiger partial charge in [0.1, 0.15) is 5.75 Å². The highest BCUT2D eigenvalue weighted by molar-refractivity contribution is 8.00. The number of hydrogen-bond acceptors (Lipinski definition) is 3. The van der Waals surface area contributed by atoms with Crippen LogP contribution < -0.4 is 10.1 Å². The van der Waals surface area contributed by atoms with Crippen molar-refractivity contribution in [3.63, 3.8) is 0 Å². The van der Waals surface area contributed by atoms with Gasteiger partial charge >= 0.3 is 0 Å². The van der Waals surface area contributed by atoms with Crippen LogP contribution in [0.5, 0.6) is 5.75 Å². The molecule has 1 heterocycles. The average molecular weight is 209 g/mol. The zero-order chi connectivity index (χ0) is 9.97. The van der Waals surface area contributed by atoms with E-state index >= 15 is 0 Å². The third-order valence-corrected chi connectivity index (χ3v) is 3.14. The molecule has 1 saturated heterocycles. The van der Waals surface area contributed by atoms with E-state index in [-0.39, 0.29) is 11.3 Å². The molecule has 0 bridgehead atoms. The van der Waals surface area contributed by atoms with E-state index in [0.29, 0.717) is 6.42 Å². The summed E-state index contributed by atoms with van der Waals surface area (Å²) < 4.78 is 5.05. The molecule has 74 valence electrons.